The molecule has 2 aromatic carbocycles. The van der Waals surface area contributed by atoms with Crippen LogP contribution in [0.3, 0.4) is 0 Å². The molecule has 1 aromatic heterocycles. The zero-order valence-electron chi connectivity index (χ0n) is 30.1. The lowest BCUT2D eigenvalue weighted by atomic mass is 9.98. The predicted octanol–water partition coefficient (Wildman–Crippen LogP) is 5.21. The smallest absolute Gasteiger partial charge is 0.318 e. The third-order valence-electron chi connectivity index (χ3n) is 9.18. The summed E-state index contributed by atoms with van der Waals surface area (Å²) in [4.78, 5) is 33.4. The van der Waals surface area contributed by atoms with Gasteiger partial charge in [-0.05, 0) is 54.4 Å². The van der Waals surface area contributed by atoms with Gasteiger partial charge in [-0.3, -0.25) is 4.79 Å². The molecule has 3 atom stereocenters. The fourth-order valence-electron chi connectivity index (χ4n) is 6.21. The highest BCUT2D eigenvalue weighted by atomic mass is 32.2. The van der Waals surface area contributed by atoms with Crippen LogP contribution >= 0.6 is 11.3 Å². The van der Waals surface area contributed by atoms with Gasteiger partial charge in [-0.15, -0.1) is 11.3 Å². The van der Waals surface area contributed by atoms with Crippen LogP contribution in [-0.4, -0.2) is 89.4 Å². The quantitative estimate of drug-likeness (QED) is 0.0839. The number of sulfonamides is 1. The molecule has 278 valence electrons. The SMILES string of the molecule is CC(C)c1nc(CN(C)C(=O)NC(C(=O)N[C@@H](Cc2ccccc2)[C@H](O)CN(CC2CCCC2)S(=O)(=O)c2ccc(/C=N/O)cc2)C(C)C)cs1. The number of carbonyl (C=O) groups excluding carboxylic acids is 2. The summed E-state index contributed by atoms with van der Waals surface area (Å²) in [6.07, 6.45) is 3.99. The summed E-state index contributed by atoms with van der Waals surface area (Å²) in [7, 11) is -2.40. The molecule has 0 bridgehead atoms. The van der Waals surface area contributed by atoms with E-state index in [1.165, 1.54) is 27.6 Å². The van der Waals surface area contributed by atoms with Gasteiger partial charge in [-0.2, -0.15) is 4.31 Å². The molecule has 51 heavy (non-hydrogen) atoms. The lowest BCUT2D eigenvalue weighted by molar-refractivity contribution is -0.125. The van der Waals surface area contributed by atoms with E-state index in [9.17, 15) is 23.1 Å². The first-order valence-corrected chi connectivity index (χ1v) is 19.9. The number of hydrogen-bond donors (Lipinski definition) is 4. The number of nitrogens with zero attached hydrogens (tertiary/aromatic N) is 4. The maximum Gasteiger partial charge on any atom is 0.318 e. The van der Waals surface area contributed by atoms with Gasteiger partial charge in [-0.25, -0.2) is 18.2 Å². The molecule has 0 spiro atoms. The van der Waals surface area contributed by atoms with E-state index in [1.54, 1.807) is 30.5 Å². The number of benzene rings is 2. The Bertz CT molecular complexity index is 1690. The summed E-state index contributed by atoms with van der Waals surface area (Å²) in [6.45, 7) is 8.05. The Morgan fingerprint density at radius 1 is 1.04 bits per heavy atom. The van der Waals surface area contributed by atoms with Crippen LogP contribution in [0.2, 0.25) is 0 Å². The standard InChI is InChI=1S/C37H52N6O6S2/c1-25(2)34(41-37(46)42(5)22-30-24-50-36(39-30)26(3)4)35(45)40-32(19-27-11-7-6-8-12-27)33(44)23-43(21-29-13-9-10-14-29)51(48,49)31-17-15-28(16-18-31)20-38-47/h6-8,11-12,15-18,20,24-26,29,32-34,44,47H,9-10,13-14,19,21-23H2,1-5H3,(H,40,45)(H,41,46)/b38-20+/t32-,33+,34?/m0/s1. The molecule has 12 nitrogen and oxygen atoms in total. The normalized spacial score (nSPS) is 15.8. The van der Waals surface area contributed by atoms with Crippen LogP contribution in [0.25, 0.3) is 0 Å². The maximum atomic E-state index is 14.1. The van der Waals surface area contributed by atoms with Gasteiger partial charge in [0.15, 0.2) is 0 Å². The molecule has 4 rings (SSSR count). The molecule has 3 aromatic rings. The molecular formula is C37H52N6O6S2. The van der Waals surface area contributed by atoms with Crippen LogP contribution < -0.4 is 10.6 Å². The number of urea groups is 1. The van der Waals surface area contributed by atoms with Gasteiger partial charge in [0, 0.05) is 31.4 Å². The number of thiazole rings is 1. The molecule has 1 aliphatic carbocycles. The summed E-state index contributed by atoms with van der Waals surface area (Å²) in [6, 6.07) is 13.1. The first-order valence-electron chi connectivity index (χ1n) is 17.5. The first kappa shape index (κ1) is 39.9. The van der Waals surface area contributed by atoms with E-state index < -0.39 is 40.1 Å². The number of carbonyl (C=O) groups is 2. The van der Waals surface area contributed by atoms with Crippen LogP contribution in [0.15, 0.2) is 70.0 Å². The van der Waals surface area contributed by atoms with Crippen LogP contribution in [-0.2, 0) is 27.8 Å². The maximum absolute atomic E-state index is 14.1. The Balaban J connectivity index is 1.54. The molecule has 0 radical (unpaired) electrons. The van der Waals surface area contributed by atoms with Crippen LogP contribution in [0, 0.1) is 11.8 Å². The molecule has 1 fully saturated rings. The van der Waals surface area contributed by atoms with Gasteiger partial charge in [0.2, 0.25) is 15.9 Å². The largest absolute Gasteiger partial charge is 0.411 e. The number of aromatic nitrogens is 1. The monoisotopic (exact) mass is 740 g/mol. The Kier molecular flexibility index (Phi) is 14.5. The Morgan fingerprint density at radius 2 is 1.71 bits per heavy atom. The highest BCUT2D eigenvalue weighted by Crippen LogP contribution is 2.28. The molecule has 1 unspecified atom stereocenters. The molecular weight excluding hydrogens is 689 g/mol. The molecule has 4 N–H and O–H groups in total. The van der Waals surface area contributed by atoms with Crippen molar-refractivity contribution in [2.24, 2.45) is 17.0 Å². The van der Waals surface area contributed by atoms with E-state index in [2.05, 4.69) is 34.6 Å². The fraction of sp³-hybridized carbons (Fsp3) is 0.514. The Labute approximate surface area is 306 Å². The lowest BCUT2D eigenvalue weighted by Gasteiger charge is -2.33. The van der Waals surface area contributed by atoms with Crippen molar-refractivity contribution < 1.29 is 28.3 Å². The van der Waals surface area contributed by atoms with E-state index in [1.807, 2.05) is 49.6 Å². The average molecular weight is 741 g/mol. The number of aliphatic hydroxyl groups is 1. The minimum Gasteiger partial charge on any atom is -0.411 e. The van der Waals surface area contributed by atoms with Crippen LogP contribution in [0.4, 0.5) is 4.79 Å². The average Bonchev–Trinajstić information content (AvgIpc) is 3.80. The van der Waals surface area contributed by atoms with Crippen molar-refractivity contribution in [3.63, 3.8) is 0 Å². The lowest BCUT2D eigenvalue weighted by Crippen LogP contribution is -2.58. The summed E-state index contributed by atoms with van der Waals surface area (Å²) in [5, 5.41) is 32.5. The summed E-state index contributed by atoms with van der Waals surface area (Å²) < 4.78 is 29.5. The van der Waals surface area contributed by atoms with Crippen molar-refractivity contribution in [3.05, 3.63) is 81.8 Å². The van der Waals surface area contributed by atoms with Crippen molar-refractivity contribution in [2.75, 3.05) is 20.1 Å². The highest BCUT2D eigenvalue weighted by Gasteiger charge is 2.35. The minimum atomic E-state index is -4.05. The second-order valence-corrected chi connectivity index (χ2v) is 16.8. The summed E-state index contributed by atoms with van der Waals surface area (Å²) in [5.74, 6) is -0.338. The Morgan fingerprint density at radius 3 is 2.29 bits per heavy atom. The number of nitrogens with one attached hydrogen (secondary N) is 2. The van der Waals surface area contributed by atoms with Crippen molar-refractivity contribution >= 4 is 39.5 Å². The molecule has 0 saturated heterocycles. The molecule has 1 heterocycles. The van der Waals surface area contributed by atoms with Gasteiger partial charge >= 0.3 is 6.03 Å². The van der Waals surface area contributed by atoms with Gasteiger partial charge < -0.3 is 25.8 Å². The molecule has 1 saturated carbocycles. The van der Waals surface area contributed by atoms with Crippen molar-refractivity contribution in [1.29, 1.82) is 0 Å². The van der Waals surface area contributed by atoms with E-state index in [-0.39, 0.29) is 48.7 Å². The number of hydrogen-bond acceptors (Lipinski definition) is 9. The second-order valence-electron chi connectivity index (χ2n) is 14.0. The number of oxime groups is 1. The molecule has 3 amide bonds. The molecule has 1 aliphatic rings. The van der Waals surface area contributed by atoms with Crippen molar-refractivity contribution in [2.45, 2.75) is 95.3 Å². The van der Waals surface area contributed by atoms with Crippen LogP contribution in [0.5, 0.6) is 0 Å². The van der Waals surface area contributed by atoms with Gasteiger partial charge in [0.1, 0.15) is 6.04 Å². The Hall–Kier alpha value is -3.85. The number of rotatable bonds is 17. The predicted molar refractivity (Wildman–Crippen MR) is 199 cm³/mol. The van der Waals surface area contributed by atoms with E-state index in [4.69, 9.17) is 5.21 Å². The van der Waals surface area contributed by atoms with Gasteiger partial charge in [-0.1, -0.05) is 88.2 Å². The topological polar surface area (TPSA) is 165 Å². The van der Waals surface area contributed by atoms with Gasteiger partial charge in [0.25, 0.3) is 0 Å². The zero-order valence-corrected chi connectivity index (χ0v) is 31.7. The number of amides is 3. The first-order chi connectivity index (χ1) is 24.3. The summed E-state index contributed by atoms with van der Waals surface area (Å²) in [5.41, 5.74) is 2.15. The van der Waals surface area contributed by atoms with E-state index in [0.29, 0.717) is 5.56 Å². The molecule has 0 aliphatic heterocycles. The number of aliphatic hydroxyl groups excluding tert-OH is 1. The van der Waals surface area contributed by atoms with Crippen molar-refractivity contribution in [1.82, 2.24) is 24.8 Å². The third-order valence-corrected chi connectivity index (χ3v) is 12.2. The summed E-state index contributed by atoms with van der Waals surface area (Å²) >= 11 is 1.55. The van der Waals surface area contributed by atoms with Gasteiger partial charge in [0.05, 0.1) is 40.5 Å². The van der Waals surface area contributed by atoms with E-state index in [0.717, 1.165) is 41.9 Å². The zero-order chi connectivity index (χ0) is 37.1. The van der Waals surface area contributed by atoms with Crippen LogP contribution in [0.1, 0.15) is 81.1 Å². The highest BCUT2D eigenvalue weighted by molar-refractivity contribution is 7.89. The minimum absolute atomic E-state index is 0.0521. The third kappa shape index (κ3) is 11.3. The van der Waals surface area contributed by atoms with E-state index >= 15 is 0 Å². The van der Waals surface area contributed by atoms with Crippen molar-refractivity contribution in [3.8, 4) is 0 Å². The molecule has 14 heteroatoms. The second kappa shape index (κ2) is 18.6. The fourth-order valence-corrected chi connectivity index (χ4v) is 8.57.